The standard InChI is InChI=1S/C9H17ClN2/c1-8(10)6-11-7-9-4-3-5-12(9)2/h9,11H,1,3-7H2,2H3. The van der Waals surface area contributed by atoms with Gasteiger partial charge in [0.15, 0.2) is 0 Å². The van der Waals surface area contributed by atoms with Gasteiger partial charge >= 0.3 is 0 Å². The third-order valence-electron chi connectivity index (χ3n) is 2.37. The summed E-state index contributed by atoms with van der Waals surface area (Å²) in [4.78, 5) is 2.39. The Morgan fingerprint density at radius 2 is 2.50 bits per heavy atom. The summed E-state index contributed by atoms with van der Waals surface area (Å²) in [7, 11) is 2.18. The van der Waals surface area contributed by atoms with Crippen LogP contribution in [0.2, 0.25) is 0 Å². The Kier molecular flexibility index (Phi) is 4.06. The third-order valence-corrected chi connectivity index (χ3v) is 2.50. The van der Waals surface area contributed by atoms with Crippen LogP contribution in [0.5, 0.6) is 0 Å². The Hall–Kier alpha value is -0.0500. The average Bonchev–Trinajstić information content (AvgIpc) is 2.36. The number of hydrogen-bond donors (Lipinski definition) is 1. The van der Waals surface area contributed by atoms with Crippen LogP contribution in [0, 0.1) is 0 Å². The van der Waals surface area contributed by atoms with Gasteiger partial charge in [-0.2, -0.15) is 0 Å². The molecule has 1 aliphatic heterocycles. The Balaban J connectivity index is 2.10. The molecule has 0 bridgehead atoms. The average molecular weight is 189 g/mol. The minimum Gasteiger partial charge on any atom is -0.310 e. The van der Waals surface area contributed by atoms with Crippen molar-refractivity contribution in [1.29, 1.82) is 0 Å². The molecule has 1 aliphatic rings. The van der Waals surface area contributed by atoms with Gasteiger partial charge in [-0.25, -0.2) is 0 Å². The maximum absolute atomic E-state index is 5.63. The van der Waals surface area contributed by atoms with Gasteiger partial charge in [0.1, 0.15) is 0 Å². The summed E-state index contributed by atoms with van der Waals surface area (Å²) in [5.74, 6) is 0. The first-order valence-corrected chi connectivity index (χ1v) is 4.82. The molecule has 0 radical (unpaired) electrons. The van der Waals surface area contributed by atoms with E-state index in [0.717, 1.165) is 13.1 Å². The molecule has 1 fully saturated rings. The number of halogens is 1. The first-order valence-electron chi connectivity index (χ1n) is 4.44. The van der Waals surface area contributed by atoms with Crippen molar-refractivity contribution >= 4 is 11.6 Å². The molecule has 1 atom stereocenters. The first-order chi connectivity index (χ1) is 5.70. The number of rotatable bonds is 4. The van der Waals surface area contributed by atoms with Gasteiger partial charge in [0.25, 0.3) is 0 Å². The third kappa shape index (κ3) is 3.13. The summed E-state index contributed by atoms with van der Waals surface area (Å²) in [6.45, 7) is 6.62. The Morgan fingerprint density at radius 3 is 3.00 bits per heavy atom. The van der Waals surface area contributed by atoms with E-state index in [9.17, 15) is 0 Å². The van der Waals surface area contributed by atoms with E-state index >= 15 is 0 Å². The molecule has 1 N–H and O–H groups in total. The fourth-order valence-corrected chi connectivity index (χ4v) is 1.71. The van der Waals surface area contributed by atoms with Crippen LogP contribution in [0.4, 0.5) is 0 Å². The number of likely N-dealkylation sites (N-methyl/N-ethyl adjacent to an activating group) is 1. The molecule has 1 heterocycles. The normalized spacial score (nSPS) is 24.7. The zero-order valence-electron chi connectivity index (χ0n) is 7.65. The van der Waals surface area contributed by atoms with Gasteiger partial charge in [0, 0.05) is 24.2 Å². The van der Waals surface area contributed by atoms with Gasteiger partial charge in [-0.1, -0.05) is 18.2 Å². The minimum absolute atomic E-state index is 0.690. The number of likely N-dealkylation sites (tertiary alicyclic amines) is 1. The van der Waals surface area contributed by atoms with Gasteiger partial charge in [-0.05, 0) is 26.4 Å². The second-order valence-corrected chi connectivity index (χ2v) is 3.96. The number of nitrogens with zero attached hydrogens (tertiary/aromatic N) is 1. The van der Waals surface area contributed by atoms with Crippen molar-refractivity contribution in [1.82, 2.24) is 10.2 Å². The van der Waals surface area contributed by atoms with Crippen LogP contribution in [0.3, 0.4) is 0 Å². The van der Waals surface area contributed by atoms with Gasteiger partial charge in [-0.3, -0.25) is 0 Å². The van der Waals surface area contributed by atoms with Crippen LogP contribution < -0.4 is 5.32 Å². The molecule has 3 heteroatoms. The predicted molar refractivity (Wildman–Crippen MR) is 53.5 cm³/mol. The summed E-state index contributed by atoms with van der Waals surface area (Å²) in [6, 6.07) is 0.695. The topological polar surface area (TPSA) is 15.3 Å². The van der Waals surface area contributed by atoms with E-state index in [2.05, 4.69) is 23.8 Å². The van der Waals surface area contributed by atoms with E-state index in [4.69, 9.17) is 11.6 Å². The molecule has 0 aromatic rings. The molecular formula is C9H17ClN2. The fourth-order valence-electron chi connectivity index (χ4n) is 1.61. The molecule has 70 valence electrons. The molecule has 0 aromatic heterocycles. The van der Waals surface area contributed by atoms with Crippen LogP contribution in [-0.2, 0) is 0 Å². The monoisotopic (exact) mass is 188 g/mol. The second-order valence-electron chi connectivity index (χ2n) is 3.42. The summed E-state index contributed by atoms with van der Waals surface area (Å²) < 4.78 is 0. The summed E-state index contributed by atoms with van der Waals surface area (Å²) >= 11 is 5.63. The van der Waals surface area contributed by atoms with Gasteiger partial charge < -0.3 is 10.2 Å². The molecular weight excluding hydrogens is 172 g/mol. The highest BCUT2D eigenvalue weighted by Crippen LogP contribution is 2.13. The molecule has 1 unspecified atom stereocenters. The number of hydrogen-bond acceptors (Lipinski definition) is 2. The lowest BCUT2D eigenvalue weighted by Crippen LogP contribution is -2.35. The summed E-state index contributed by atoms with van der Waals surface area (Å²) in [5.41, 5.74) is 0. The smallest absolute Gasteiger partial charge is 0.0308 e. The zero-order chi connectivity index (χ0) is 8.97. The quantitative estimate of drug-likeness (QED) is 0.718. The summed E-state index contributed by atoms with van der Waals surface area (Å²) in [6.07, 6.45) is 2.63. The van der Waals surface area contributed by atoms with E-state index in [1.54, 1.807) is 0 Å². The van der Waals surface area contributed by atoms with Crippen molar-refractivity contribution in [3.63, 3.8) is 0 Å². The van der Waals surface area contributed by atoms with Crippen molar-refractivity contribution < 1.29 is 0 Å². The molecule has 0 aromatic carbocycles. The van der Waals surface area contributed by atoms with E-state index in [-0.39, 0.29) is 0 Å². The Labute approximate surface area is 79.6 Å². The number of nitrogens with one attached hydrogen (secondary N) is 1. The zero-order valence-corrected chi connectivity index (χ0v) is 8.40. The highest BCUT2D eigenvalue weighted by atomic mass is 35.5. The molecule has 12 heavy (non-hydrogen) atoms. The van der Waals surface area contributed by atoms with Crippen molar-refractivity contribution in [2.24, 2.45) is 0 Å². The van der Waals surface area contributed by atoms with Crippen LogP contribution in [-0.4, -0.2) is 37.6 Å². The molecule has 2 nitrogen and oxygen atoms in total. The Morgan fingerprint density at radius 1 is 1.75 bits per heavy atom. The Bertz CT molecular complexity index is 159. The SMILES string of the molecule is C=C(Cl)CNCC1CCCN1C. The molecule has 0 amide bonds. The molecule has 0 saturated carbocycles. The van der Waals surface area contributed by atoms with E-state index in [0.29, 0.717) is 11.1 Å². The fraction of sp³-hybridized carbons (Fsp3) is 0.778. The van der Waals surface area contributed by atoms with Gasteiger partial charge in [0.05, 0.1) is 0 Å². The maximum atomic E-state index is 5.63. The van der Waals surface area contributed by atoms with Crippen LogP contribution >= 0.6 is 11.6 Å². The van der Waals surface area contributed by atoms with Crippen LogP contribution in [0.15, 0.2) is 11.6 Å². The maximum Gasteiger partial charge on any atom is 0.0308 e. The van der Waals surface area contributed by atoms with Crippen molar-refractivity contribution in [2.45, 2.75) is 18.9 Å². The first kappa shape index (κ1) is 10.0. The van der Waals surface area contributed by atoms with Crippen molar-refractivity contribution in [2.75, 3.05) is 26.7 Å². The summed E-state index contributed by atoms with van der Waals surface area (Å²) in [5, 5.41) is 3.97. The lowest BCUT2D eigenvalue weighted by Gasteiger charge is -2.19. The van der Waals surface area contributed by atoms with Crippen LogP contribution in [0.1, 0.15) is 12.8 Å². The van der Waals surface area contributed by atoms with Gasteiger partial charge in [-0.15, -0.1) is 0 Å². The van der Waals surface area contributed by atoms with Gasteiger partial charge in [0.2, 0.25) is 0 Å². The largest absolute Gasteiger partial charge is 0.310 e. The predicted octanol–water partition coefficient (Wildman–Crippen LogP) is 1.42. The molecule has 0 aliphatic carbocycles. The highest BCUT2D eigenvalue weighted by molar-refractivity contribution is 6.29. The van der Waals surface area contributed by atoms with Crippen molar-refractivity contribution in [3.8, 4) is 0 Å². The highest BCUT2D eigenvalue weighted by Gasteiger charge is 2.19. The lowest BCUT2D eigenvalue weighted by atomic mass is 10.2. The lowest BCUT2D eigenvalue weighted by molar-refractivity contribution is 0.303. The molecule has 1 rings (SSSR count). The minimum atomic E-state index is 0.690. The van der Waals surface area contributed by atoms with E-state index in [1.165, 1.54) is 19.4 Å². The molecule has 0 spiro atoms. The van der Waals surface area contributed by atoms with E-state index < -0.39 is 0 Å². The van der Waals surface area contributed by atoms with E-state index in [1.807, 2.05) is 0 Å². The van der Waals surface area contributed by atoms with Crippen LogP contribution in [0.25, 0.3) is 0 Å². The molecule has 1 saturated heterocycles. The second kappa shape index (κ2) is 4.85. The van der Waals surface area contributed by atoms with Crippen molar-refractivity contribution in [3.05, 3.63) is 11.6 Å².